The van der Waals surface area contributed by atoms with Crippen LogP contribution >= 0.6 is 0 Å². The van der Waals surface area contributed by atoms with Crippen LogP contribution in [0.4, 0.5) is 11.4 Å². The summed E-state index contributed by atoms with van der Waals surface area (Å²) in [4.78, 5) is 24.5. The van der Waals surface area contributed by atoms with E-state index in [2.05, 4.69) is 10.6 Å². The molecule has 24 heavy (non-hydrogen) atoms. The largest absolute Gasteiger partial charge is 0.368 e. The minimum Gasteiger partial charge on any atom is -0.368 e. The third kappa shape index (κ3) is 4.13. The summed E-state index contributed by atoms with van der Waals surface area (Å²) in [5, 5.41) is 5.75. The third-order valence-electron chi connectivity index (χ3n) is 4.86. The second-order valence-electron chi connectivity index (χ2n) is 6.21. The zero-order valence-electron chi connectivity index (χ0n) is 14.4. The molecule has 4 N–H and O–H groups in total. The molecule has 1 heterocycles. The molecular weight excluding hydrogens is 306 g/mol. The highest BCUT2D eigenvalue weighted by Gasteiger charge is 2.33. The first-order chi connectivity index (χ1) is 11.5. The molecule has 2 rings (SSSR count). The quantitative estimate of drug-likeness (QED) is 0.715. The van der Waals surface area contributed by atoms with E-state index in [0.29, 0.717) is 37.4 Å². The van der Waals surface area contributed by atoms with Crippen molar-refractivity contribution in [2.45, 2.75) is 45.6 Å². The van der Waals surface area contributed by atoms with Crippen LogP contribution in [0.5, 0.6) is 0 Å². The molecule has 1 fully saturated rings. The van der Waals surface area contributed by atoms with Gasteiger partial charge in [0, 0.05) is 24.5 Å². The first-order valence-corrected chi connectivity index (χ1v) is 8.58. The number of hydrogen-bond donors (Lipinski definition) is 3. The molecule has 6 heteroatoms. The molecule has 1 atom stereocenters. The summed E-state index contributed by atoms with van der Waals surface area (Å²) >= 11 is 0. The molecule has 1 aliphatic heterocycles. The van der Waals surface area contributed by atoms with Crippen LogP contribution in [-0.2, 0) is 14.3 Å². The van der Waals surface area contributed by atoms with Gasteiger partial charge in [0.1, 0.15) is 6.10 Å². The molecule has 0 saturated carbocycles. The molecule has 132 valence electrons. The Bertz CT molecular complexity index is 553. The van der Waals surface area contributed by atoms with E-state index in [-0.39, 0.29) is 17.9 Å². The topological polar surface area (TPSA) is 93.5 Å². The molecule has 1 saturated heterocycles. The van der Waals surface area contributed by atoms with Crippen LogP contribution in [0.2, 0.25) is 0 Å². The second-order valence-corrected chi connectivity index (χ2v) is 6.21. The van der Waals surface area contributed by atoms with Crippen molar-refractivity contribution in [1.82, 2.24) is 0 Å². The zero-order valence-corrected chi connectivity index (χ0v) is 14.4. The molecule has 6 nitrogen and oxygen atoms in total. The SMILES string of the molecule is CCC(CC)(CN)C(=O)Nc1ccc(NC(=O)C2CCCO2)cc1. The van der Waals surface area contributed by atoms with Crippen LogP contribution < -0.4 is 16.4 Å². The van der Waals surface area contributed by atoms with Crippen molar-refractivity contribution >= 4 is 23.2 Å². The fourth-order valence-electron chi connectivity index (χ4n) is 2.86. The highest BCUT2D eigenvalue weighted by atomic mass is 16.5. The first-order valence-electron chi connectivity index (χ1n) is 8.58. The summed E-state index contributed by atoms with van der Waals surface area (Å²) < 4.78 is 5.36. The summed E-state index contributed by atoms with van der Waals surface area (Å²) in [5.41, 5.74) is 6.64. The van der Waals surface area contributed by atoms with Crippen LogP contribution in [0.25, 0.3) is 0 Å². The Morgan fingerprint density at radius 2 is 1.75 bits per heavy atom. The van der Waals surface area contributed by atoms with Gasteiger partial charge in [-0.25, -0.2) is 0 Å². The first kappa shape index (κ1) is 18.4. The molecule has 0 spiro atoms. The minimum absolute atomic E-state index is 0.0638. The van der Waals surface area contributed by atoms with E-state index >= 15 is 0 Å². The zero-order chi connectivity index (χ0) is 17.6. The average Bonchev–Trinajstić information content (AvgIpc) is 3.13. The van der Waals surface area contributed by atoms with Gasteiger partial charge in [0.25, 0.3) is 5.91 Å². The summed E-state index contributed by atoms with van der Waals surface area (Å²) in [5.74, 6) is -0.186. The van der Waals surface area contributed by atoms with Crippen molar-refractivity contribution in [3.05, 3.63) is 24.3 Å². The van der Waals surface area contributed by atoms with Gasteiger partial charge in [-0.15, -0.1) is 0 Å². The predicted octanol–water partition coefficient (Wildman–Crippen LogP) is 2.51. The van der Waals surface area contributed by atoms with E-state index in [0.717, 1.165) is 12.8 Å². The number of rotatable bonds is 7. The van der Waals surface area contributed by atoms with Gasteiger partial charge in [0.05, 0.1) is 5.41 Å². The van der Waals surface area contributed by atoms with E-state index < -0.39 is 5.41 Å². The van der Waals surface area contributed by atoms with Crippen LogP contribution in [0, 0.1) is 5.41 Å². The molecular formula is C18H27N3O3. The van der Waals surface area contributed by atoms with Crippen molar-refractivity contribution in [2.75, 3.05) is 23.8 Å². The summed E-state index contributed by atoms with van der Waals surface area (Å²) in [6, 6.07) is 7.08. The lowest BCUT2D eigenvalue weighted by Gasteiger charge is -2.28. The van der Waals surface area contributed by atoms with E-state index in [1.807, 2.05) is 13.8 Å². The molecule has 0 bridgehead atoms. The van der Waals surface area contributed by atoms with Gasteiger partial charge >= 0.3 is 0 Å². The molecule has 0 aliphatic carbocycles. The molecule has 0 radical (unpaired) electrons. The number of carbonyl (C=O) groups is 2. The average molecular weight is 333 g/mol. The van der Waals surface area contributed by atoms with Crippen molar-refractivity contribution in [3.8, 4) is 0 Å². The summed E-state index contributed by atoms with van der Waals surface area (Å²) in [6.07, 6.45) is 2.71. The van der Waals surface area contributed by atoms with Gasteiger partial charge in [0.15, 0.2) is 0 Å². The lowest BCUT2D eigenvalue weighted by molar-refractivity contribution is -0.126. The minimum atomic E-state index is -0.535. The van der Waals surface area contributed by atoms with Crippen LogP contribution in [0.3, 0.4) is 0 Å². The number of benzene rings is 1. The molecule has 1 unspecified atom stereocenters. The molecule has 0 aromatic heterocycles. The number of nitrogens with two attached hydrogens (primary N) is 1. The number of ether oxygens (including phenoxy) is 1. The fourth-order valence-corrected chi connectivity index (χ4v) is 2.86. The molecule has 1 aromatic carbocycles. The monoisotopic (exact) mass is 333 g/mol. The number of anilines is 2. The van der Waals surface area contributed by atoms with Crippen molar-refractivity contribution in [3.63, 3.8) is 0 Å². The Labute approximate surface area is 143 Å². The Balaban J connectivity index is 1.96. The van der Waals surface area contributed by atoms with Gasteiger partial charge in [0.2, 0.25) is 5.91 Å². The number of nitrogens with one attached hydrogen (secondary N) is 2. The maximum absolute atomic E-state index is 12.5. The maximum atomic E-state index is 12.5. The van der Waals surface area contributed by atoms with Gasteiger partial charge in [-0.2, -0.15) is 0 Å². The van der Waals surface area contributed by atoms with E-state index in [1.54, 1.807) is 24.3 Å². The Hall–Kier alpha value is -1.92. The molecule has 1 aromatic rings. The number of hydrogen-bond acceptors (Lipinski definition) is 4. The Kier molecular flexibility index (Phi) is 6.34. The number of carbonyl (C=O) groups excluding carboxylic acids is 2. The van der Waals surface area contributed by atoms with Crippen molar-refractivity contribution in [1.29, 1.82) is 0 Å². The van der Waals surface area contributed by atoms with Gasteiger partial charge in [-0.1, -0.05) is 13.8 Å². The van der Waals surface area contributed by atoms with Crippen LogP contribution in [-0.4, -0.2) is 31.1 Å². The standard InChI is InChI=1S/C18H27N3O3/c1-3-18(4-2,12-19)17(23)21-14-9-7-13(8-10-14)20-16(22)15-6-5-11-24-15/h7-10,15H,3-6,11-12,19H2,1-2H3,(H,20,22)(H,21,23). The predicted molar refractivity (Wildman–Crippen MR) is 94.7 cm³/mol. The lowest BCUT2D eigenvalue weighted by Crippen LogP contribution is -2.41. The highest BCUT2D eigenvalue weighted by Crippen LogP contribution is 2.27. The van der Waals surface area contributed by atoms with Crippen molar-refractivity contribution in [2.24, 2.45) is 11.1 Å². The van der Waals surface area contributed by atoms with Crippen molar-refractivity contribution < 1.29 is 14.3 Å². The highest BCUT2D eigenvalue weighted by molar-refractivity contribution is 5.97. The third-order valence-corrected chi connectivity index (χ3v) is 4.86. The van der Waals surface area contributed by atoms with Crippen LogP contribution in [0.15, 0.2) is 24.3 Å². The second kappa shape index (κ2) is 8.26. The van der Waals surface area contributed by atoms with E-state index in [4.69, 9.17) is 10.5 Å². The maximum Gasteiger partial charge on any atom is 0.253 e. The van der Waals surface area contributed by atoms with Gasteiger partial charge < -0.3 is 21.1 Å². The normalized spacial score (nSPS) is 17.5. The van der Waals surface area contributed by atoms with E-state index in [9.17, 15) is 9.59 Å². The summed E-state index contributed by atoms with van der Waals surface area (Å²) in [6.45, 7) is 4.90. The Morgan fingerprint density at radius 3 is 2.21 bits per heavy atom. The fraction of sp³-hybridized carbons (Fsp3) is 0.556. The Morgan fingerprint density at radius 1 is 1.17 bits per heavy atom. The number of amides is 2. The van der Waals surface area contributed by atoms with Gasteiger partial charge in [-0.3, -0.25) is 9.59 Å². The smallest absolute Gasteiger partial charge is 0.253 e. The lowest BCUT2D eigenvalue weighted by atomic mass is 9.81. The van der Waals surface area contributed by atoms with Crippen LogP contribution in [0.1, 0.15) is 39.5 Å². The van der Waals surface area contributed by atoms with Gasteiger partial charge in [-0.05, 0) is 49.9 Å². The van der Waals surface area contributed by atoms with E-state index in [1.165, 1.54) is 0 Å². The molecule has 1 aliphatic rings. The molecule has 2 amide bonds. The summed E-state index contributed by atoms with van der Waals surface area (Å²) in [7, 11) is 0.